The Morgan fingerprint density at radius 2 is 2.11 bits per heavy atom. The number of thiocarbonyl (C=S) groups is 1. The fourth-order valence-corrected chi connectivity index (χ4v) is 1.71. The number of methoxy groups -OCH3 is 1. The smallest absolute Gasteiger partial charge is 0.129 e. The van der Waals surface area contributed by atoms with Gasteiger partial charge >= 0.3 is 0 Å². The molecule has 0 aliphatic heterocycles. The molecule has 0 aliphatic carbocycles. The summed E-state index contributed by atoms with van der Waals surface area (Å²) in [6, 6.07) is 5.76. The maximum atomic E-state index is 5.62. The van der Waals surface area contributed by atoms with Gasteiger partial charge in [0.2, 0.25) is 0 Å². The second-order valence-corrected chi connectivity index (χ2v) is 5.07. The summed E-state index contributed by atoms with van der Waals surface area (Å²) in [7, 11) is 1.61. The molecule has 1 aromatic carbocycles. The lowest BCUT2D eigenvalue weighted by molar-refractivity contribution is 0.110. The molecule has 0 spiro atoms. The molecule has 18 heavy (non-hydrogen) atoms. The van der Waals surface area contributed by atoms with Crippen molar-refractivity contribution >= 4 is 17.2 Å². The zero-order chi connectivity index (χ0) is 13.5. The first-order valence-electron chi connectivity index (χ1n) is 6.09. The van der Waals surface area contributed by atoms with E-state index < -0.39 is 0 Å². The van der Waals surface area contributed by atoms with Crippen molar-refractivity contribution in [3.8, 4) is 5.75 Å². The Morgan fingerprint density at radius 3 is 2.67 bits per heavy atom. The van der Waals surface area contributed by atoms with Crippen LogP contribution in [0.15, 0.2) is 18.2 Å². The lowest BCUT2D eigenvalue weighted by atomic mass is 10.1. The molecule has 100 valence electrons. The summed E-state index contributed by atoms with van der Waals surface area (Å²) < 4.78 is 10.9. The molecular weight excluding hydrogens is 246 g/mol. The minimum absolute atomic E-state index is 0.346. The van der Waals surface area contributed by atoms with E-state index in [-0.39, 0.29) is 0 Å². The van der Waals surface area contributed by atoms with Crippen molar-refractivity contribution in [2.75, 3.05) is 13.7 Å². The van der Waals surface area contributed by atoms with Gasteiger partial charge in [-0.1, -0.05) is 32.1 Å². The standard InChI is InChI=1S/C14H21NO2S/c1-10(2)6-7-17-9-11-4-5-12(14(15)18)13(8-11)16-3/h4-5,8,10H,6-7,9H2,1-3H3,(H2,15,18). The summed E-state index contributed by atoms with van der Waals surface area (Å²) in [5.74, 6) is 1.36. The fourth-order valence-electron chi connectivity index (χ4n) is 1.54. The molecule has 0 heterocycles. The van der Waals surface area contributed by atoms with Crippen LogP contribution in [-0.2, 0) is 11.3 Å². The average Bonchev–Trinajstić information content (AvgIpc) is 2.33. The summed E-state index contributed by atoms with van der Waals surface area (Å²) in [6.07, 6.45) is 1.07. The zero-order valence-electron chi connectivity index (χ0n) is 11.2. The Labute approximate surface area is 114 Å². The van der Waals surface area contributed by atoms with Crippen molar-refractivity contribution < 1.29 is 9.47 Å². The first-order chi connectivity index (χ1) is 8.54. The average molecular weight is 267 g/mol. The van der Waals surface area contributed by atoms with Crippen LogP contribution in [0.3, 0.4) is 0 Å². The van der Waals surface area contributed by atoms with Crippen LogP contribution in [-0.4, -0.2) is 18.7 Å². The summed E-state index contributed by atoms with van der Waals surface area (Å²) >= 11 is 4.96. The van der Waals surface area contributed by atoms with Gasteiger partial charge in [-0.25, -0.2) is 0 Å². The number of hydrogen-bond donors (Lipinski definition) is 1. The fraction of sp³-hybridized carbons (Fsp3) is 0.500. The lowest BCUT2D eigenvalue weighted by Gasteiger charge is -2.10. The van der Waals surface area contributed by atoms with E-state index in [9.17, 15) is 0 Å². The Bertz CT molecular complexity index is 405. The number of ether oxygens (including phenoxy) is 2. The number of hydrogen-bond acceptors (Lipinski definition) is 3. The van der Waals surface area contributed by atoms with Gasteiger partial charge in [0.15, 0.2) is 0 Å². The van der Waals surface area contributed by atoms with Crippen molar-refractivity contribution in [2.45, 2.75) is 26.9 Å². The maximum absolute atomic E-state index is 5.62. The number of rotatable bonds is 7. The molecule has 0 aromatic heterocycles. The van der Waals surface area contributed by atoms with Gasteiger partial charge in [0.25, 0.3) is 0 Å². The van der Waals surface area contributed by atoms with E-state index >= 15 is 0 Å². The van der Waals surface area contributed by atoms with E-state index in [1.165, 1.54) is 0 Å². The molecule has 0 amide bonds. The Morgan fingerprint density at radius 1 is 1.39 bits per heavy atom. The highest BCUT2D eigenvalue weighted by atomic mass is 32.1. The molecule has 0 bridgehead atoms. The predicted molar refractivity (Wildman–Crippen MR) is 78.0 cm³/mol. The third-order valence-corrected chi connectivity index (χ3v) is 2.86. The van der Waals surface area contributed by atoms with Crippen LogP contribution in [0.4, 0.5) is 0 Å². The molecule has 0 aliphatic rings. The van der Waals surface area contributed by atoms with Crippen LogP contribution in [0.25, 0.3) is 0 Å². The monoisotopic (exact) mass is 267 g/mol. The second-order valence-electron chi connectivity index (χ2n) is 4.63. The summed E-state index contributed by atoms with van der Waals surface area (Å²) in [5, 5.41) is 0. The summed E-state index contributed by atoms with van der Waals surface area (Å²) in [6.45, 7) is 5.73. The van der Waals surface area contributed by atoms with Gasteiger partial charge in [0.1, 0.15) is 10.7 Å². The summed E-state index contributed by atoms with van der Waals surface area (Å²) in [5.41, 5.74) is 7.44. The maximum Gasteiger partial charge on any atom is 0.129 e. The van der Waals surface area contributed by atoms with Crippen LogP contribution >= 0.6 is 12.2 Å². The highest BCUT2D eigenvalue weighted by Crippen LogP contribution is 2.20. The van der Waals surface area contributed by atoms with E-state index in [4.69, 9.17) is 27.4 Å². The Hall–Kier alpha value is -1.13. The topological polar surface area (TPSA) is 44.5 Å². The largest absolute Gasteiger partial charge is 0.496 e. The van der Waals surface area contributed by atoms with Gasteiger partial charge in [0, 0.05) is 6.61 Å². The number of nitrogens with two attached hydrogens (primary N) is 1. The Balaban J connectivity index is 2.60. The van der Waals surface area contributed by atoms with Gasteiger partial charge < -0.3 is 15.2 Å². The number of benzene rings is 1. The van der Waals surface area contributed by atoms with Crippen LogP contribution in [0, 0.1) is 5.92 Å². The van der Waals surface area contributed by atoms with Crippen LogP contribution in [0.5, 0.6) is 5.75 Å². The Kier molecular flexibility index (Phi) is 6.09. The molecule has 4 heteroatoms. The minimum Gasteiger partial charge on any atom is -0.496 e. The van der Waals surface area contributed by atoms with Gasteiger partial charge in [-0.15, -0.1) is 0 Å². The first kappa shape index (κ1) is 14.9. The molecule has 3 nitrogen and oxygen atoms in total. The van der Waals surface area contributed by atoms with Gasteiger partial charge in [0.05, 0.1) is 19.3 Å². The molecule has 1 aromatic rings. The van der Waals surface area contributed by atoms with E-state index in [0.29, 0.717) is 23.3 Å². The molecular formula is C14H21NO2S. The summed E-state index contributed by atoms with van der Waals surface area (Å²) in [4.78, 5) is 0.346. The van der Waals surface area contributed by atoms with Crippen LogP contribution in [0.1, 0.15) is 31.4 Å². The van der Waals surface area contributed by atoms with Gasteiger partial charge in [-0.3, -0.25) is 0 Å². The molecule has 2 N–H and O–H groups in total. The predicted octanol–water partition coefficient (Wildman–Crippen LogP) is 2.89. The first-order valence-corrected chi connectivity index (χ1v) is 6.50. The molecule has 0 atom stereocenters. The second kappa shape index (κ2) is 7.34. The SMILES string of the molecule is COc1cc(COCCC(C)C)ccc1C(N)=S. The molecule has 0 saturated heterocycles. The highest BCUT2D eigenvalue weighted by molar-refractivity contribution is 7.80. The molecule has 0 radical (unpaired) electrons. The quantitative estimate of drug-likeness (QED) is 0.609. The highest BCUT2D eigenvalue weighted by Gasteiger charge is 2.06. The van der Waals surface area contributed by atoms with Crippen molar-refractivity contribution in [3.63, 3.8) is 0 Å². The van der Waals surface area contributed by atoms with E-state index in [0.717, 1.165) is 24.2 Å². The molecule has 0 fully saturated rings. The third kappa shape index (κ3) is 4.63. The normalized spacial score (nSPS) is 10.7. The molecule has 0 unspecified atom stereocenters. The van der Waals surface area contributed by atoms with Crippen LogP contribution < -0.4 is 10.5 Å². The van der Waals surface area contributed by atoms with E-state index in [2.05, 4.69) is 13.8 Å². The van der Waals surface area contributed by atoms with Crippen molar-refractivity contribution in [3.05, 3.63) is 29.3 Å². The van der Waals surface area contributed by atoms with E-state index in [1.54, 1.807) is 7.11 Å². The lowest BCUT2D eigenvalue weighted by Crippen LogP contribution is -2.11. The zero-order valence-corrected chi connectivity index (χ0v) is 12.0. The van der Waals surface area contributed by atoms with Crippen molar-refractivity contribution in [1.82, 2.24) is 0 Å². The van der Waals surface area contributed by atoms with Crippen LogP contribution in [0.2, 0.25) is 0 Å². The minimum atomic E-state index is 0.346. The van der Waals surface area contributed by atoms with Crippen molar-refractivity contribution in [2.24, 2.45) is 11.7 Å². The molecule has 0 saturated carbocycles. The van der Waals surface area contributed by atoms with Crippen molar-refractivity contribution in [1.29, 1.82) is 0 Å². The molecule has 1 rings (SSSR count). The van der Waals surface area contributed by atoms with Gasteiger partial charge in [-0.05, 0) is 30.0 Å². The van der Waals surface area contributed by atoms with Gasteiger partial charge in [-0.2, -0.15) is 0 Å². The third-order valence-electron chi connectivity index (χ3n) is 2.64. The van der Waals surface area contributed by atoms with E-state index in [1.807, 2.05) is 18.2 Å².